The van der Waals surface area contributed by atoms with Gasteiger partial charge in [-0.3, -0.25) is 4.98 Å². The second kappa shape index (κ2) is 8.21. The van der Waals surface area contributed by atoms with Crippen LogP contribution in [0, 0.1) is 0 Å². The Morgan fingerprint density at radius 2 is 2.12 bits per heavy atom. The number of hydrogen-bond acceptors (Lipinski definition) is 5. The quantitative estimate of drug-likeness (QED) is 0.527. The van der Waals surface area contributed by atoms with E-state index in [1.807, 2.05) is 35.9 Å². The molecule has 0 amide bonds. The fourth-order valence-electron chi connectivity index (χ4n) is 2.04. The molecular weight excluding hydrogens is 322 g/mol. The third-order valence-corrected chi connectivity index (χ3v) is 4.23. The normalized spacial score (nSPS) is 11.5. The van der Waals surface area contributed by atoms with Crippen LogP contribution >= 0.6 is 11.3 Å². The maximum Gasteiger partial charge on any atom is 0.192 e. The van der Waals surface area contributed by atoms with Gasteiger partial charge in [0.25, 0.3) is 0 Å². The molecule has 0 unspecified atom stereocenters. The molecule has 8 heteroatoms. The van der Waals surface area contributed by atoms with E-state index in [1.165, 1.54) is 4.88 Å². The van der Waals surface area contributed by atoms with Gasteiger partial charge in [-0.05, 0) is 23.6 Å². The van der Waals surface area contributed by atoms with E-state index in [9.17, 15) is 0 Å². The van der Waals surface area contributed by atoms with Crippen LogP contribution in [-0.4, -0.2) is 25.7 Å². The van der Waals surface area contributed by atoms with Crippen LogP contribution in [0.3, 0.4) is 0 Å². The van der Waals surface area contributed by atoms with Crippen LogP contribution in [0.4, 0.5) is 0 Å². The molecule has 0 aromatic carbocycles. The van der Waals surface area contributed by atoms with E-state index in [2.05, 4.69) is 42.3 Å². The fraction of sp³-hybridized carbons (Fsp3) is 0.250. The van der Waals surface area contributed by atoms with Gasteiger partial charge in [0.15, 0.2) is 11.8 Å². The number of aromatic nitrogens is 4. The van der Waals surface area contributed by atoms with E-state index in [4.69, 9.17) is 0 Å². The van der Waals surface area contributed by atoms with Crippen LogP contribution in [0.1, 0.15) is 16.4 Å². The molecule has 0 bridgehead atoms. The Bertz CT molecular complexity index is 765. The van der Waals surface area contributed by atoms with Crippen LogP contribution in [0.25, 0.3) is 0 Å². The predicted octanol–water partition coefficient (Wildman–Crippen LogP) is 1.71. The Morgan fingerprint density at radius 1 is 1.21 bits per heavy atom. The van der Waals surface area contributed by atoms with Crippen molar-refractivity contribution in [1.82, 2.24) is 30.4 Å². The maximum atomic E-state index is 4.60. The van der Waals surface area contributed by atoms with Crippen molar-refractivity contribution >= 4 is 17.3 Å². The molecule has 0 saturated carbocycles. The number of hydrogen-bond donors (Lipinski definition) is 2. The minimum absolute atomic E-state index is 0.513. The molecule has 0 saturated heterocycles. The first kappa shape index (κ1) is 16.1. The Balaban J connectivity index is 1.63. The number of thiophene rings is 1. The van der Waals surface area contributed by atoms with Gasteiger partial charge >= 0.3 is 0 Å². The molecule has 3 heterocycles. The minimum Gasteiger partial charge on any atom is -0.351 e. The van der Waals surface area contributed by atoms with Crippen molar-refractivity contribution in [2.45, 2.75) is 19.6 Å². The monoisotopic (exact) mass is 341 g/mol. The van der Waals surface area contributed by atoms with Crippen LogP contribution in [0.2, 0.25) is 0 Å². The maximum absolute atomic E-state index is 4.60. The molecule has 3 aromatic rings. The summed E-state index contributed by atoms with van der Waals surface area (Å²) in [5.41, 5.74) is 0.924. The van der Waals surface area contributed by atoms with Crippen LogP contribution in [-0.2, 0) is 26.7 Å². The Labute approximate surface area is 144 Å². The van der Waals surface area contributed by atoms with Gasteiger partial charge < -0.3 is 15.2 Å². The molecule has 24 heavy (non-hydrogen) atoms. The summed E-state index contributed by atoms with van der Waals surface area (Å²) in [7, 11) is 1.92. The molecule has 2 N–H and O–H groups in total. The zero-order valence-corrected chi connectivity index (χ0v) is 14.2. The number of pyridine rings is 1. The zero-order chi connectivity index (χ0) is 16.6. The molecule has 0 radical (unpaired) electrons. The lowest BCUT2D eigenvalue weighted by atomic mass is 10.3. The van der Waals surface area contributed by atoms with Gasteiger partial charge in [-0.2, -0.15) is 0 Å². The van der Waals surface area contributed by atoms with Gasteiger partial charge in [-0.1, -0.05) is 12.1 Å². The van der Waals surface area contributed by atoms with Gasteiger partial charge in [0, 0.05) is 18.1 Å². The van der Waals surface area contributed by atoms with Crippen molar-refractivity contribution in [3.05, 3.63) is 64.6 Å². The lowest BCUT2D eigenvalue weighted by Crippen LogP contribution is -2.37. The average molecular weight is 341 g/mol. The highest BCUT2D eigenvalue weighted by Gasteiger charge is 2.04. The van der Waals surface area contributed by atoms with Gasteiger partial charge in [-0.15, -0.1) is 21.5 Å². The largest absolute Gasteiger partial charge is 0.351 e. The summed E-state index contributed by atoms with van der Waals surface area (Å²) in [6, 6.07) is 9.96. The Morgan fingerprint density at radius 3 is 2.83 bits per heavy atom. The van der Waals surface area contributed by atoms with Crippen molar-refractivity contribution in [1.29, 1.82) is 0 Å². The van der Waals surface area contributed by atoms with E-state index >= 15 is 0 Å². The van der Waals surface area contributed by atoms with Gasteiger partial charge in [0.2, 0.25) is 0 Å². The molecule has 0 aliphatic carbocycles. The second-order valence-corrected chi connectivity index (χ2v) is 6.16. The second-order valence-electron chi connectivity index (χ2n) is 5.13. The van der Waals surface area contributed by atoms with Crippen molar-refractivity contribution in [3.8, 4) is 0 Å². The average Bonchev–Trinajstić information content (AvgIpc) is 3.27. The first-order chi connectivity index (χ1) is 11.8. The highest BCUT2D eigenvalue weighted by atomic mass is 32.1. The minimum atomic E-state index is 0.513. The number of rotatable bonds is 6. The van der Waals surface area contributed by atoms with Crippen LogP contribution in [0.5, 0.6) is 0 Å². The molecular formula is C16H19N7S. The van der Waals surface area contributed by atoms with Crippen LogP contribution in [0.15, 0.2) is 53.2 Å². The van der Waals surface area contributed by atoms with Crippen molar-refractivity contribution in [2.75, 3.05) is 0 Å². The first-order valence-electron chi connectivity index (χ1n) is 7.58. The molecule has 0 aliphatic heterocycles. The number of aliphatic imine (C=N–C) groups is 1. The standard InChI is InChI=1S/C16H19N7S/c1-23-12-21-22-15(23)11-20-16(19-10-14-6-4-8-24-14)18-9-13-5-2-3-7-17-13/h2-8,12H,9-11H2,1H3,(H2,18,19,20). The SMILES string of the molecule is Cn1cnnc1CNC(=NCc1ccccn1)NCc1cccs1. The first-order valence-corrected chi connectivity index (χ1v) is 8.46. The lowest BCUT2D eigenvalue weighted by molar-refractivity contribution is 0.722. The number of aryl methyl sites for hydroxylation is 1. The topological polar surface area (TPSA) is 80.0 Å². The van der Waals surface area contributed by atoms with E-state index in [0.29, 0.717) is 13.1 Å². The summed E-state index contributed by atoms with van der Waals surface area (Å²) >= 11 is 1.71. The van der Waals surface area contributed by atoms with E-state index < -0.39 is 0 Å². The lowest BCUT2D eigenvalue weighted by Gasteiger charge is -2.11. The molecule has 3 rings (SSSR count). The molecule has 0 spiro atoms. The summed E-state index contributed by atoms with van der Waals surface area (Å²) in [5, 5.41) is 16.6. The number of nitrogens with one attached hydrogen (secondary N) is 2. The van der Waals surface area contributed by atoms with E-state index in [0.717, 1.165) is 24.0 Å². The van der Waals surface area contributed by atoms with Gasteiger partial charge in [0.1, 0.15) is 6.33 Å². The summed E-state index contributed by atoms with van der Waals surface area (Å²) in [5.74, 6) is 1.57. The summed E-state index contributed by atoms with van der Waals surface area (Å²) < 4.78 is 1.88. The predicted molar refractivity (Wildman–Crippen MR) is 94.4 cm³/mol. The smallest absolute Gasteiger partial charge is 0.192 e. The third kappa shape index (κ3) is 4.63. The highest BCUT2D eigenvalue weighted by Crippen LogP contribution is 2.07. The third-order valence-electron chi connectivity index (χ3n) is 3.35. The molecule has 7 nitrogen and oxygen atoms in total. The van der Waals surface area contributed by atoms with Crippen molar-refractivity contribution < 1.29 is 0 Å². The summed E-state index contributed by atoms with van der Waals surface area (Å²) in [4.78, 5) is 10.2. The Kier molecular flexibility index (Phi) is 5.52. The zero-order valence-electron chi connectivity index (χ0n) is 13.4. The molecule has 3 aromatic heterocycles. The number of nitrogens with zero attached hydrogens (tertiary/aromatic N) is 5. The molecule has 0 aliphatic rings. The van der Waals surface area contributed by atoms with Crippen molar-refractivity contribution in [3.63, 3.8) is 0 Å². The molecule has 0 fully saturated rings. The van der Waals surface area contributed by atoms with E-state index in [-0.39, 0.29) is 0 Å². The molecule has 0 atom stereocenters. The van der Waals surface area contributed by atoms with Gasteiger partial charge in [-0.25, -0.2) is 4.99 Å². The van der Waals surface area contributed by atoms with Gasteiger partial charge in [0.05, 0.1) is 25.3 Å². The fourth-order valence-corrected chi connectivity index (χ4v) is 2.68. The summed E-state index contributed by atoms with van der Waals surface area (Å²) in [6.07, 6.45) is 3.46. The number of guanidine groups is 1. The van der Waals surface area contributed by atoms with Crippen LogP contribution < -0.4 is 10.6 Å². The van der Waals surface area contributed by atoms with E-state index in [1.54, 1.807) is 23.9 Å². The highest BCUT2D eigenvalue weighted by molar-refractivity contribution is 7.09. The summed E-state index contributed by atoms with van der Waals surface area (Å²) in [6.45, 7) is 1.79. The Hall–Kier alpha value is -2.74. The van der Waals surface area contributed by atoms with Crippen molar-refractivity contribution in [2.24, 2.45) is 12.0 Å². The molecule has 124 valence electrons.